The molecule has 17 heavy (non-hydrogen) atoms. The summed E-state index contributed by atoms with van der Waals surface area (Å²) in [5.41, 5.74) is 3.90. The lowest BCUT2D eigenvalue weighted by molar-refractivity contribution is 0.280. The van der Waals surface area contributed by atoms with Gasteiger partial charge in [0.05, 0.1) is 18.8 Å². The molecule has 1 N–H and O–H groups in total. The molecule has 0 radical (unpaired) electrons. The molecule has 2 aromatic rings. The summed E-state index contributed by atoms with van der Waals surface area (Å²) < 4.78 is 1.90. The normalized spacial score (nSPS) is 10.8. The highest BCUT2D eigenvalue weighted by Crippen LogP contribution is 2.16. The molecule has 2 rings (SSSR count). The molecule has 0 aliphatic rings. The van der Waals surface area contributed by atoms with Crippen LogP contribution in [0.4, 0.5) is 0 Å². The number of rotatable bonds is 3. The molecular formula is C13H15ClN2O. The SMILES string of the molecule is Cc1nn(Cc2cccc(Cl)c2)c(C)c1CO. The fraction of sp³-hybridized carbons (Fsp3) is 0.308. The highest BCUT2D eigenvalue weighted by molar-refractivity contribution is 6.30. The number of benzene rings is 1. The van der Waals surface area contributed by atoms with Crippen LogP contribution in [0, 0.1) is 13.8 Å². The van der Waals surface area contributed by atoms with Crippen molar-refractivity contribution in [2.45, 2.75) is 27.0 Å². The molecule has 0 saturated carbocycles. The Kier molecular flexibility index (Phi) is 3.50. The first-order chi connectivity index (χ1) is 8.11. The zero-order valence-electron chi connectivity index (χ0n) is 9.94. The summed E-state index contributed by atoms with van der Waals surface area (Å²) >= 11 is 5.94. The third-order valence-corrected chi connectivity index (χ3v) is 3.15. The molecule has 1 aromatic carbocycles. The van der Waals surface area contributed by atoms with Crippen molar-refractivity contribution in [1.82, 2.24) is 9.78 Å². The number of aliphatic hydroxyl groups is 1. The van der Waals surface area contributed by atoms with Gasteiger partial charge in [-0.15, -0.1) is 0 Å². The van der Waals surface area contributed by atoms with Crippen LogP contribution < -0.4 is 0 Å². The second-order valence-corrected chi connectivity index (χ2v) is 4.53. The van der Waals surface area contributed by atoms with E-state index in [1.807, 2.05) is 42.8 Å². The predicted octanol–water partition coefficient (Wildman–Crippen LogP) is 2.69. The first-order valence-corrected chi connectivity index (χ1v) is 5.88. The van der Waals surface area contributed by atoms with Gasteiger partial charge in [-0.05, 0) is 31.5 Å². The molecule has 90 valence electrons. The largest absolute Gasteiger partial charge is 0.392 e. The van der Waals surface area contributed by atoms with E-state index in [0.29, 0.717) is 6.54 Å². The van der Waals surface area contributed by atoms with Gasteiger partial charge in [0.15, 0.2) is 0 Å². The van der Waals surface area contributed by atoms with E-state index < -0.39 is 0 Å². The zero-order chi connectivity index (χ0) is 12.4. The molecule has 0 bridgehead atoms. The predicted molar refractivity (Wildman–Crippen MR) is 68.2 cm³/mol. The Bertz CT molecular complexity index is 534. The molecule has 0 unspecified atom stereocenters. The maximum Gasteiger partial charge on any atom is 0.0718 e. The molecule has 1 heterocycles. The van der Waals surface area contributed by atoms with Gasteiger partial charge in [0.2, 0.25) is 0 Å². The van der Waals surface area contributed by atoms with E-state index in [2.05, 4.69) is 5.10 Å². The topological polar surface area (TPSA) is 38.0 Å². The van der Waals surface area contributed by atoms with Crippen LogP contribution in [0.25, 0.3) is 0 Å². The van der Waals surface area contributed by atoms with Gasteiger partial charge < -0.3 is 5.11 Å². The van der Waals surface area contributed by atoms with Gasteiger partial charge in [0.25, 0.3) is 0 Å². The Morgan fingerprint density at radius 3 is 2.71 bits per heavy atom. The van der Waals surface area contributed by atoms with Gasteiger partial charge in [-0.1, -0.05) is 23.7 Å². The number of aliphatic hydroxyl groups excluding tert-OH is 1. The van der Waals surface area contributed by atoms with Gasteiger partial charge in [0.1, 0.15) is 0 Å². The quantitative estimate of drug-likeness (QED) is 0.910. The Labute approximate surface area is 106 Å². The molecule has 0 spiro atoms. The second-order valence-electron chi connectivity index (χ2n) is 4.10. The lowest BCUT2D eigenvalue weighted by atomic mass is 10.2. The van der Waals surface area contributed by atoms with Crippen LogP contribution in [0.3, 0.4) is 0 Å². The number of nitrogens with zero attached hydrogens (tertiary/aromatic N) is 2. The van der Waals surface area contributed by atoms with Crippen LogP contribution in [0.1, 0.15) is 22.5 Å². The van der Waals surface area contributed by atoms with Crippen LogP contribution in [0.2, 0.25) is 5.02 Å². The first-order valence-electron chi connectivity index (χ1n) is 5.50. The van der Waals surface area contributed by atoms with Crippen molar-refractivity contribution in [3.8, 4) is 0 Å². The van der Waals surface area contributed by atoms with Crippen LogP contribution in [0.5, 0.6) is 0 Å². The summed E-state index contributed by atoms with van der Waals surface area (Å²) in [6.45, 7) is 4.59. The van der Waals surface area contributed by atoms with Gasteiger partial charge >= 0.3 is 0 Å². The molecule has 0 atom stereocenters. The second kappa shape index (κ2) is 4.90. The highest BCUT2D eigenvalue weighted by atomic mass is 35.5. The number of aromatic nitrogens is 2. The maximum atomic E-state index is 9.25. The lowest BCUT2D eigenvalue weighted by Gasteiger charge is -2.05. The summed E-state index contributed by atoms with van der Waals surface area (Å²) in [5, 5.41) is 14.4. The first kappa shape index (κ1) is 12.1. The molecule has 3 nitrogen and oxygen atoms in total. The Hall–Kier alpha value is -1.32. The van der Waals surface area contributed by atoms with Crippen LogP contribution in [-0.2, 0) is 13.2 Å². The number of aryl methyl sites for hydroxylation is 1. The summed E-state index contributed by atoms with van der Waals surface area (Å²) in [4.78, 5) is 0. The van der Waals surface area contributed by atoms with E-state index in [4.69, 9.17) is 11.6 Å². The summed E-state index contributed by atoms with van der Waals surface area (Å²) in [7, 11) is 0. The molecule has 0 amide bonds. The summed E-state index contributed by atoms with van der Waals surface area (Å²) in [6.07, 6.45) is 0. The Morgan fingerprint density at radius 1 is 1.35 bits per heavy atom. The molecule has 0 fully saturated rings. The summed E-state index contributed by atoms with van der Waals surface area (Å²) in [6, 6.07) is 7.72. The Balaban J connectivity index is 2.30. The fourth-order valence-electron chi connectivity index (χ4n) is 1.93. The molecular weight excluding hydrogens is 236 g/mol. The van der Waals surface area contributed by atoms with Gasteiger partial charge in [-0.25, -0.2) is 0 Å². The molecule has 4 heteroatoms. The van der Waals surface area contributed by atoms with E-state index >= 15 is 0 Å². The molecule has 0 saturated heterocycles. The maximum absolute atomic E-state index is 9.25. The third kappa shape index (κ3) is 2.51. The van der Waals surface area contributed by atoms with Crippen molar-refractivity contribution in [2.75, 3.05) is 0 Å². The molecule has 0 aliphatic carbocycles. The minimum Gasteiger partial charge on any atom is -0.392 e. The minimum atomic E-state index is 0.0349. The van der Waals surface area contributed by atoms with Crippen molar-refractivity contribution in [1.29, 1.82) is 0 Å². The van der Waals surface area contributed by atoms with Crippen molar-refractivity contribution in [3.05, 3.63) is 51.8 Å². The van der Waals surface area contributed by atoms with Crippen LogP contribution >= 0.6 is 11.6 Å². The van der Waals surface area contributed by atoms with Crippen molar-refractivity contribution in [2.24, 2.45) is 0 Å². The van der Waals surface area contributed by atoms with E-state index in [1.165, 1.54) is 0 Å². The average molecular weight is 251 g/mol. The van der Waals surface area contributed by atoms with Gasteiger partial charge in [0, 0.05) is 16.3 Å². The Morgan fingerprint density at radius 2 is 2.12 bits per heavy atom. The van der Waals surface area contributed by atoms with E-state index in [0.717, 1.165) is 27.5 Å². The van der Waals surface area contributed by atoms with E-state index in [9.17, 15) is 5.11 Å². The van der Waals surface area contributed by atoms with E-state index in [-0.39, 0.29) is 6.61 Å². The van der Waals surface area contributed by atoms with Gasteiger partial charge in [-0.2, -0.15) is 5.10 Å². The average Bonchev–Trinajstić information content (AvgIpc) is 2.54. The number of hydrogen-bond donors (Lipinski definition) is 1. The van der Waals surface area contributed by atoms with Crippen LogP contribution in [0.15, 0.2) is 24.3 Å². The summed E-state index contributed by atoms with van der Waals surface area (Å²) in [5.74, 6) is 0. The number of hydrogen-bond acceptors (Lipinski definition) is 2. The lowest BCUT2D eigenvalue weighted by Crippen LogP contribution is -2.04. The molecule has 1 aromatic heterocycles. The van der Waals surface area contributed by atoms with Crippen LogP contribution in [-0.4, -0.2) is 14.9 Å². The smallest absolute Gasteiger partial charge is 0.0718 e. The highest BCUT2D eigenvalue weighted by Gasteiger charge is 2.10. The number of halogens is 1. The minimum absolute atomic E-state index is 0.0349. The fourth-order valence-corrected chi connectivity index (χ4v) is 2.14. The van der Waals surface area contributed by atoms with Gasteiger partial charge in [-0.3, -0.25) is 4.68 Å². The zero-order valence-corrected chi connectivity index (χ0v) is 10.7. The standard InChI is InChI=1S/C13H15ClN2O/c1-9-13(8-17)10(2)16(15-9)7-11-4-3-5-12(14)6-11/h3-6,17H,7-8H2,1-2H3. The monoisotopic (exact) mass is 250 g/mol. The molecule has 0 aliphatic heterocycles. The third-order valence-electron chi connectivity index (χ3n) is 2.91. The van der Waals surface area contributed by atoms with E-state index in [1.54, 1.807) is 0 Å². The van der Waals surface area contributed by atoms with Crippen molar-refractivity contribution >= 4 is 11.6 Å². The van der Waals surface area contributed by atoms with Crippen molar-refractivity contribution in [3.63, 3.8) is 0 Å². The van der Waals surface area contributed by atoms with Crippen molar-refractivity contribution < 1.29 is 5.11 Å².